The zero-order valence-electron chi connectivity index (χ0n) is 11.5. The van der Waals surface area contributed by atoms with Crippen LogP contribution in [0.15, 0.2) is 0 Å². The maximum atomic E-state index is 5.45. The maximum Gasteiger partial charge on any atom is 0.0844 e. The van der Waals surface area contributed by atoms with E-state index in [4.69, 9.17) is 9.47 Å². The van der Waals surface area contributed by atoms with Gasteiger partial charge in [0.2, 0.25) is 0 Å². The van der Waals surface area contributed by atoms with Gasteiger partial charge in [0.1, 0.15) is 0 Å². The summed E-state index contributed by atoms with van der Waals surface area (Å²) in [7, 11) is 0. The second-order valence-corrected chi connectivity index (χ2v) is 5.78. The molecule has 1 saturated carbocycles. The van der Waals surface area contributed by atoms with Gasteiger partial charge >= 0.3 is 0 Å². The van der Waals surface area contributed by atoms with Crippen molar-refractivity contribution in [2.24, 2.45) is 5.92 Å². The lowest BCUT2D eigenvalue weighted by Crippen LogP contribution is -2.12. The molecule has 0 N–H and O–H groups in total. The molecule has 3 fully saturated rings. The first-order valence-electron chi connectivity index (χ1n) is 7.60. The van der Waals surface area contributed by atoms with Crippen molar-refractivity contribution in [3.8, 4) is 0 Å². The van der Waals surface area contributed by atoms with Crippen molar-refractivity contribution in [1.29, 1.82) is 0 Å². The van der Waals surface area contributed by atoms with Crippen molar-refractivity contribution in [2.45, 2.75) is 83.5 Å². The standard InChI is InChI=1S/C9H16O.C6H12O/c1-2-3-7-4-5-8-9(6-7)10-8;1-2-3-4-6-5-7-6/h7-9H,2-6H2,1H3;6H,2-5H2,1H3. The third-order valence-corrected chi connectivity index (χ3v) is 4.09. The van der Waals surface area contributed by atoms with Gasteiger partial charge in [-0.2, -0.15) is 0 Å². The zero-order valence-corrected chi connectivity index (χ0v) is 11.5. The third kappa shape index (κ3) is 4.97. The van der Waals surface area contributed by atoms with Crippen molar-refractivity contribution >= 4 is 0 Å². The van der Waals surface area contributed by atoms with Gasteiger partial charge in [0, 0.05) is 0 Å². The van der Waals surface area contributed by atoms with E-state index in [2.05, 4.69) is 13.8 Å². The van der Waals surface area contributed by atoms with Crippen LogP contribution in [0.25, 0.3) is 0 Å². The summed E-state index contributed by atoms with van der Waals surface area (Å²) in [5, 5.41) is 0. The van der Waals surface area contributed by atoms with E-state index in [1.807, 2.05) is 0 Å². The molecule has 2 heteroatoms. The Kier molecular flexibility index (Phi) is 5.30. The van der Waals surface area contributed by atoms with Crippen molar-refractivity contribution in [2.75, 3.05) is 6.61 Å². The number of epoxide rings is 2. The van der Waals surface area contributed by atoms with Crippen LogP contribution in [0.2, 0.25) is 0 Å². The van der Waals surface area contributed by atoms with Crippen molar-refractivity contribution in [3.63, 3.8) is 0 Å². The van der Waals surface area contributed by atoms with E-state index in [-0.39, 0.29) is 0 Å². The Bertz CT molecular complexity index is 213. The molecule has 0 radical (unpaired) electrons. The highest BCUT2D eigenvalue weighted by Crippen LogP contribution is 2.40. The largest absolute Gasteiger partial charge is 0.373 e. The third-order valence-electron chi connectivity index (χ3n) is 4.09. The Hall–Kier alpha value is -0.0800. The van der Waals surface area contributed by atoms with Crippen LogP contribution in [0.4, 0.5) is 0 Å². The van der Waals surface area contributed by atoms with E-state index in [0.29, 0.717) is 18.3 Å². The summed E-state index contributed by atoms with van der Waals surface area (Å²) in [6, 6.07) is 0. The minimum atomic E-state index is 0.653. The van der Waals surface area contributed by atoms with Gasteiger partial charge < -0.3 is 9.47 Å². The highest BCUT2D eigenvalue weighted by molar-refractivity contribution is 4.91. The summed E-state index contributed by atoms with van der Waals surface area (Å²) in [4.78, 5) is 0. The maximum absolute atomic E-state index is 5.45. The predicted octanol–water partition coefficient (Wildman–Crippen LogP) is 3.93. The van der Waals surface area contributed by atoms with Crippen molar-refractivity contribution in [3.05, 3.63) is 0 Å². The monoisotopic (exact) mass is 240 g/mol. The summed E-state index contributed by atoms with van der Waals surface area (Å²) >= 11 is 0. The van der Waals surface area contributed by atoms with Crippen LogP contribution < -0.4 is 0 Å². The van der Waals surface area contributed by atoms with E-state index in [9.17, 15) is 0 Å². The molecule has 17 heavy (non-hydrogen) atoms. The van der Waals surface area contributed by atoms with Crippen LogP contribution in [0.1, 0.15) is 65.2 Å². The number of fused-ring (bicyclic) bond motifs is 1. The minimum absolute atomic E-state index is 0.653. The molecule has 2 heterocycles. The summed E-state index contributed by atoms with van der Waals surface area (Å²) in [5.74, 6) is 0.994. The number of hydrogen-bond acceptors (Lipinski definition) is 2. The van der Waals surface area contributed by atoms with E-state index in [1.165, 1.54) is 51.4 Å². The Balaban J connectivity index is 0.000000136. The van der Waals surface area contributed by atoms with Gasteiger partial charge in [-0.3, -0.25) is 0 Å². The lowest BCUT2D eigenvalue weighted by molar-refractivity contribution is 0.350. The quantitative estimate of drug-likeness (QED) is 0.680. The molecular weight excluding hydrogens is 212 g/mol. The van der Waals surface area contributed by atoms with Gasteiger partial charge in [-0.15, -0.1) is 0 Å². The SMILES string of the molecule is CCCC1CCC2OC2C1.CCCCC1CO1. The number of unbranched alkanes of at least 4 members (excludes halogenated alkanes) is 1. The van der Waals surface area contributed by atoms with Gasteiger partial charge in [-0.05, 0) is 31.6 Å². The van der Waals surface area contributed by atoms with Gasteiger partial charge in [-0.25, -0.2) is 0 Å². The summed E-state index contributed by atoms with van der Waals surface area (Å²) < 4.78 is 10.5. The van der Waals surface area contributed by atoms with Crippen LogP contribution in [-0.4, -0.2) is 24.9 Å². The number of ether oxygens (including phenoxy) is 2. The predicted molar refractivity (Wildman–Crippen MR) is 70.2 cm³/mol. The average Bonchev–Trinajstić information content (AvgIpc) is 3.22. The molecule has 1 aliphatic carbocycles. The van der Waals surface area contributed by atoms with Crippen LogP contribution in [0.5, 0.6) is 0 Å². The Labute approximate surface area is 106 Å². The highest BCUT2D eigenvalue weighted by atomic mass is 16.6. The molecule has 4 atom stereocenters. The van der Waals surface area contributed by atoms with Crippen molar-refractivity contribution < 1.29 is 9.47 Å². The average molecular weight is 240 g/mol. The minimum Gasteiger partial charge on any atom is -0.373 e. The first kappa shape index (κ1) is 13.4. The van der Waals surface area contributed by atoms with Gasteiger partial charge in [0.25, 0.3) is 0 Å². The molecule has 2 saturated heterocycles. The molecule has 0 aromatic heterocycles. The molecule has 2 aliphatic heterocycles. The first-order valence-corrected chi connectivity index (χ1v) is 7.60. The molecule has 4 unspecified atom stereocenters. The first-order chi connectivity index (χ1) is 8.33. The normalized spacial score (nSPS) is 37.8. The van der Waals surface area contributed by atoms with E-state index < -0.39 is 0 Å². The lowest BCUT2D eigenvalue weighted by Gasteiger charge is -2.17. The van der Waals surface area contributed by atoms with E-state index in [1.54, 1.807) is 0 Å². The van der Waals surface area contributed by atoms with Crippen LogP contribution in [-0.2, 0) is 9.47 Å². The molecule has 0 amide bonds. The van der Waals surface area contributed by atoms with Crippen LogP contribution >= 0.6 is 0 Å². The Morgan fingerprint density at radius 1 is 1.00 bits per heavy atom. The Morgan fingerprint density at radius 3 is 2.41 bits per heavy atom. The summed E-state index contributed by atoms with van der Waals surface area (Å²) in [6.45, 7) is 5.52. The smallest absolute Gasteiger partial charge is 0.0844 e. The molecule has 0 aromatic carbocycles. The summed E-state index contributed by atoms with van der Waals surface area (Å²) in [6.07, 6.45) is 12.9. The van der Waals surface area contributed by atoms with Crippen LogP contribution in [0.3, 0.4) is 0 Å². The second kappa shape index (κ2) is 6.75. The molecule has 3 aliphatic rings. The molecule has 100 valence electrons. The summed E-state index contributed by atoms with van der Waals surface area (Å²) in [5.41, 5.74) is 0. The van der Waals surface area contributed by atoms with E-state index >= 15 is 0 Å². The fourth-order valence-electron chi connectivity index (χ4n) is 2.82. The number of rotatable bonds is 5. The highest BCUT2D eigenvalue weighted by Gasteiger charge is 2.43. The zero-order chi connectivity index (χ0) is 12.1. The molecule has 0 bridgehead atoms. The molecule has 0 aromatic rings. The molecule has 2 nitrogen and oxygen atoms in total. The van der Waals surface area contributed by atoms with Gasteiger partial charge in [-0.1, -0.05) is 39.5 Å². The molecular formula is C15H28O2. The topological polar surface area (TPSA) is 25.1 Å². The van der Waals surface area contributed by atoms with Gasteiger partial charge in [0.15, 0.2) is 0 Å². The lowest BCUT2D eigenvalue weighted by atomic mass is 9.86. The Morgan fingerprint density at radius 2 is 1.82 bits per heavy atom. The number of hydrogen-bond donors (Lipinski definition) is 0. The van der Waals surface area contributed by atoms with Gasteiger partial charge in [0.05, 0.1) is 24.9 Å². The fourth-order valence-corrected chi connectivity index (χ4v) is 2.82. The second-order valence-electron chi connectivity index (χ2n) is 5.78. The van der Waals surface area contributed by atoms with E-state index in [0.717, 1.165) is 12.5 Å². The molecule has 3 rings (SSSR count). The van der Waals surface area contributed by atoms with Crippen molar-refractivity contribution in [1.82, 2.24) is 0 Å². The van der Waals surface area contributed by atoms with Crippen LogP contribution in [0, 0.1) is 5.92 Å². The fraction of sp³-hybridized carbons (Fsp3) is 1.00. The molecule has 0 spiro atoms.